The van der Waals surface area contributed by atoms with Gasteiger partial charge in [-0.3, -0.25) is 14.3 Å². The van der Waals surface area contributed by atoms with E-state index in [9.17, 15) is 4.79 Å². The largest absolute Gasteiger partial charge is 0.300 e. The van der Waals surface area contributed by atoms with Crippen molar-refractivity contribution in [2.45, 2.75) is 18.6 Å². The maximum atomic E-state index is 13.6. The van der Waals surface area contributed by atoms with Gasteiger partial charge in [-0.1, -0.05) is 41.9 Å². The number of nitrogens with zero attached hydrogens (tertiary/aromatic N) is 3. The molecule has 5 heteroatoms. The molecule has 0 saturated carbocycles. The molecule has 5 rings (SSSR count). The van der Waals surface area contributed by atoms with Gasteiger partial charge in [0.15, 0.2) is 0 Å². The Morgan fingerprint density at radius 1 is 1.08 bits per heavy atom. The average molecular weight is 366 g/mol. The second-order valence-electron chi connectivity index (χ2n) is 7.39. The first-order chi connectivity index (χ1) is 12.6. The lowest BCUT2D eigenvalue weighted by atomic mass is 9.94. The van der Waals surface area contributed by atoms with E-state index < -0.39 is 0 Å². The van der Waals surface area contributed by atoms with Crippen LogP contribution in [0.4, 0.5) is 0 Å². The summed E-state index contributed by atoms with van der Waals surface area (Å²) < 4.78 is 1.95. The molecule has 0 spiro atoms. The molecule has 2 aromatic carbocycles. The highest BCUT2D eigenvalue weighted by Crippen LogP contribution is 2.45. The SMILES string of the molecule is CN1Cc2c3n(c4ccc(Cl)cc24)C(=O)C(c2ccccc2)N(C)C3C1. The minimum Gasteiger partial charge on any atom is -0.300 e. The van der Waals surface area contributed by atoms with Crippen LogP contribution >= 0.6 is 11.6 Å². The molecule has 2 aliphatic rings. The fourth-order valence-electron chi connectivity index (χ4n) is 4.63. The van der Waals surface area contributed by atoms with Gasteiger partial charge in [-0.2, -0.15) is 0 Å². The van der Waals surface area contributed by atoms with E-state index in [-0.39, 0.29) is 18.0 Å². The summed E-state index contributed by atoms with van der Waals surface area (Å²) in [6, 6.07) is 15.8. The molecule has 26 heavy (non-hydrogen) atoms. The molecular weight excluding hydrogens is 346 g/mol. The van der Waals surface area contributed by atoms with E-state index in [0.29, 0.717) is 5.02 Å². The molecule has 2 aliphatic heterocycles. The molecule has 0 amide bonds. The molecule has 2 unspecified atom stereocenters. The van der Waals surface area contributed by atoms with E-state index in [0.717, 1.165) is 35.2 Å². The van der Waals surface area contributed by atoms with E-state index in [1.165, 1.54) is 5.56 Å². The van der Waals surface area contributed by atoms with Crippen LogP contribution in [0.1, 0.15) is 33.7 Å². The summed E-state index contributed by atoms with van der Waals surface area (Å²) >= 11 is 6.27. The lowest BCUT2D eigenvalue weighted by Gasteiger charge is -2.44. The lowest BCUT2D eigenvalue weighted by molar-refractivity contribution is 0.0516. The minimum absolute atomic E-state index is 0.119. The molecule has 0 N–H and O–H groups in total. The molecule has 4 nitrogen and oxygen atoms in total. The molecule has 0 saturated heterocycles. The second kappa shape index (κ2) is 5.68. The van der Waals surface area contributed by atoms with Crippen LogP contribution in [-0.4, -0.2) is 40.9 Å². The number of carbonyl (C=O) groups is 1. The Labute approximate surface area is 157 Å². The highest BCUT2D eigenvalue weighted by Gasteiger charge is 2.44. The summed E-state index contributed by atoms with van der Waals surface area (Å²) in [4.78, 5) is 18.1. The predicted octanol–water partition coefficient (Wildman–Crippen LogP) is 4.11. The van der Waals surface area contributed by atoms with E-state index in [1.54, 1.807) is 0 Å². The van der Waals surface area contributed by atoms with Crippen LogP contribution in [0.5, 0.6) is 0 Å². The molecule has 0 aliphatic carbocycles. The monoisotopic (exact) mass is 365 g/mol. The number of aromatic nitrogens is 1. The molecule has 2 atom stereocenters. The molecule has 132 valence electrons. The molecule has 0 bridgehead atoms. The predicted molar refractivity (Wildman–Crippen MR) is 104 cm³/mol. The van der Waals surface area contributed by atoms with E-state index >= 15 is 0 Å². The van der Waals surface area contributed by atoms with Gasteiger partial charge < -0.3 is 4.90 Å². The first-order valence-electron chi connectivity index (χ1n) is 8.88. The second-order valence-corrected chi connectivity index (χ2v) is 7.83. The fourth-order valence-corrected chi connectivity index (χ4v) is 4.80. The maximum absolute atomic E-state index is 13.6. The Morgan fingerprint density at radius 2 is 1.85 bits per heavy atom. The Hall–Kier alpha value is -2.14. The Bertz CT molecular complexity index is 1030. The van der Waals surface area contributed by atoms with Crippen molar-refractivity contribution >= 4 is 28.4 Å². The zero-order valence-corrected chi connectivity index (χ0v) is 15.6. The van der Waals surface area contributed by atoms with Gasteiger partial charge >= 0.3 is 0 Å². The van der Waals surface area contributed by atoms with Crippen molar-refractivity contribution in [3.8, 4) is 0 Å². The summed E-state index contributed by atoms with van der Waals surface area (Å²) in [5, 5.41) is 1.81. The van der Waals surface area contributed by atoms with Crippen LogP contribution in [0.3, 0.4) is 0 Å². The summed E-state index contributed by atoms with van der Waals surface area (Å²) in [6.45, 7) is 1.75. The van der Waals surface area contributed by atoms with E-state index in [1.807, 2.05) is 53.1 Å². The summed E-state index contributed by atoms with van der Waals surface area (Å²) in [7, 11) is 4.20. The standard InChI is InChI=1S/C21H20ClN3O/c1-23-11-16-15-10-14(22)8-9-17(15)25-20(16)18(12-23)24(2)19(21(25)26)13-6-4-3-5-7-13/h3-10,18-19H,11-12H2,1-2H3. The van der Waals surface area contributed by atoms with Crippen molar-refractivity contribution in [3.05, 3.63) is 70.4 Å². The van der Waals surface area contributed by atoms with Gasteiger partial charge in [0.2, 0.25) is 0 Å². The zero-order chi connectivity index (χ0) is 18.0. The highest BCUT2D eigenvalue weighted by atomic mass is 35.5. The first-order valence-corrected chi connectivity index (χ1v) is 9.26. The van der Waals surface area contributed by atoms with E-state index in [4.69, 9.17) is 11.6 Å². The minimum atomic E-state index is -0.278. The molecule has 0 fully saturated rings. The van der Waals surface area contributed by atoms with Gasteiger partial charge in [0, 0.05) is 29.2 Å². The third kappa shape index (κ3) is 2.13. The van der Waals surface area contributed by atoms with Crippen LogP contribution < -0.4 is 0 Å². The van der Waals surface area contributed by atoms with Crippen molar-refractivity contribution < 1.29 is 4.79 Å². The smallest absolute Gasteiger partial charge is 0.253 e. The van der Waals surface area contributed by atoms with Crippen molar-refractivity contribution in [1.29, 1.82) is 0 Å². The number of fused-ring (bicyclic) bond motifs is 3. The third-order valence-electron chi connectivity index (χ3n) is 5.77. The average Bonchev–Trinajstić information content (AvgIpc) is 2.95. The third-order valence-corrected chi connectivity index (χ3v) is 6.01. The van der Waals surface area contributed by atoms with Gasteiger partial charge in [0.1, 0.15) is 6.04 Å². The van der Waals surface area contributed by atoms with Crippen molar-refractivity contribution in [3.63, 3.8) is 0 Å². The number of hydrogen-bond acceptors (Lipinski definition) is 3. The lowest BCUT2D eigenvalue weighted by Crippen LogP contribution is -2.48. The van der Waals surface area contributed by atoms with E-state index in [2.05, 4.69) is 23.9 Å². The van der Waals surface area contributed by atoms with Crippen molar-refractivity contribution in [1.82, 2.24) is 14.4 Å². The zero-order valence-electron chi connectivity index (χ0n) is 14.8. The molecule has 3 heterocycles. The van der Waals surface area contributed by atoms with Crippen LogP contribution in [0.25, 0.3) is 10.9 Å². The molecular formula is C21H20ClN3O. The Morgan fingerprint density at radius 3 is 2.62 bits per heavy atom. The van der Waals surface area contributed by atoms with Gasteiger partial charge in [-0.05, 0) is 43.4 Å². The summed E-state index contributed by atoms with van der Waals surface area (Å²) in [6.07, 6.45) is 0. The quantitative estimate of drug-likeness (QED) is 0.649. The summed E-state index contributed by atoms with van der Waals surface area (Å²) in [5.74, 6) is 0.119. The number of likely N-dealkylation sites (N-methyl/N-ethyl adjacent to an activating group) is 2. The maximum Gasteiger partial charge on any atom is 0.253 e. The van der Waals surface area contributed by atoms with Crippen LogP contribution in [-0.2, 0) is 6.54 Å². The number of benzene rings is 2. The highest BCUT2D eigenvalue weighted by molar-refractivity contribution is 6.31. The van der Waals surface area contributed by atoms with Crippen molar-refractivity contribution in [2.75, 3.05) is 20.6 Å². The van der Waals surface area contributed by atoms with Crippen LogP contribution in [0.2, 0.25) is 5.02 Å². The van der Waals surface area contributed by atoms with Crippen LogP contribution in [0, 0.1) is 0 Å². The number of halogens is 1. The number of hydrogen-bond donors (Lipinski definition) is 0. The Kier molecular flexibility index (Phi) is 3.51. The van der Waals surface area contributed by atoms with Gasteiger partial charge in [0.05, 0.1) is 11.6 Å². The van der Waals surface area contributed by atoms with Crippen LogP contribution in [0.15, 0.2) is 48.5 Å². The normalized spacial score (nSPS) is 23.4. The fraction of sp³-hybridized carbons (Fsp3) is 0.286. The Balaban J connectivity index is 1.81. The number of rotatable bonds is 1. The summed E-state index contributed by atoms with van der Waals surface area (Å²) in [5.41, 5.74) is 4.38. The topological polar surface area (TPSA) is 28.5 Å². The van der Waals surface area contributed by atoms with Crippen molar-refractivity contribution in [2.24, 2.45) is 0 Å². The number of carbonyl (C=O) groups excluding carboxylic acids is 1. The van der Waals surface area contributed by atoms with Gasteiger partial charge in [0.25, 0.3) is 5.91 Å². The molecule has 1 aromatic heterocycles. The van der Waals surface area contributed by atoms with Gasteiger partial charge in [-0.25, -0.2) is 0 Å². The van der Waals surface area contributed by atoms with Gasteiger partial charge in [-0.15, -0.1) is 0 Å². The molecule has 3 aromatic rings. The first kappa shape index (κ1) is 16.1. The molecule has 0 radical (unpaired) electrons.